The summed E-state index contributed by atoms with van der Waals surface area (Å²) >= 11 is 1.02. The van der Waals surface area contributed by atoms with Crippen LogP contribution in [0, 0.1) is 0 Å². The molecule has 1 heterocycles. The van der Waals surface area contributed by atoms with E-state index in [1.54, 1.807) is 6.07 Å². The van der Waals surface area contributed by atoms with Crippen molar-refractivity contribution in [3.63, 3.8) is 0 Å². The van der Waals surface area contributed by atoms with Crippen LogP contribution in [0.2, 0.25) is 0 Å². The Morgan fingerprint density at radius 2 is 1.58 bits per heavy atom. The van der Waals surface area contributed by atoms with Crippen LogP contribution in [0.15, 0.2) is 21.7 Å². The molecule has 19 heavy (non-hydrogen) atoms. The van der Waals surface area contributed by atoms with Crippen LogP contribution in [0.25, 0.3) is 6.08 Å². The van der Waals surface area contributed by atoms with E-state index in [0.29, 0.717) is 4.88 Å². The predicted molar refractivity (Wildman–Crippen MR) is 76.8 cm³/mol. The van der Waals surface area contributed by atoms with E-state index in [9.17, 15) is 16.8 Å². The Balaban J connectivity index is 3.04. The maximum Gasteiger partial charge on any atom is 0.252 e. The molecule has 0 aliphatic carbocycles. The van der Waals surface area contributed by atoms with Crippen LogP contribution >= 0.6 is 11.3 Å². The Morgan fingerprint density at radius 1 is 1.00 bits per heavy atom. The van der Waals surface area contributed by atoms with Gasteiger partial charge in [0.1, 0.15) is 4.21 Å². The normalized spacial score (nSPS) is 13.8. The molecule has 0 aliphatic rings. The van der Waals surface area contributed by atoms with Gasteiger partial charge in [-0.05, 0) is 18.2 Å². The molecule has 108 valence electrons. The molecule has 1 rings (SSSR count). The summed E-state index contributed by atoms with van der Waals surface area (Å²) in [5.41, 5.74) is 0. The first-order valence-corrected chi connectivity index (χ1v) is 8.96. The average molecular weight is 324 g/mol. The van der Waals surface area contributed by atoms with Crippen molar-refractivity contribution in [2.75, 3.05) is 28.2 Å². The van der Waals surface area contributed by atoms with E-state index >= 15 is 0 Å². The molecule has 0 unspecified atom stereocenters. The summed E-state index contributed by atoms with van der Waals surface area (Å²) in [6.07, 6.45) is 1.38. The zero-order valence-corrected chi connectivity index (χ0v) is 13.5. The first-order chi connectivity index (χ1) is 8.57. The van der Waals surface area contributed by atoms with Crippen LogP contribution in [0.1, 0.15) is 4.88 Å². The second-order valence-electron chi connectivity index (χ2n) is 4.07. The topological polar surface area (TPSA) is 74.8 Å². The van der Waals surface area contributed by atoms with Gasteiger partial charge in [-0.3, -0.25) is 0 Å². The lowest BCUT2D eigenvalue weighted by molar-refractivity contribution is 0.523. The van der Waals surface area contributed by atoms with Gasteiger partial charge in [-0.2, -0.15) is 0 Å². The lowest BCUT2D eigenvalue weighted by Gasteiger charge is -2.08. The highest BCUT2D eigenvalue weighted by molar-refractivity contribution is 7.92. The summed E-state index contributed by atoms with van der Waals surface area (Å²) in [4.78, 5) is 0.561. The van der Waals surface area contributed by atoms with Crippen molar-refractivity contribution in [2.45, 2.75) is 4.21 Å². The van der Waals surface area contributed by atoms with E-state index in [1.807, 2.05) is 0 Å². The highest BCUT2D eigenvalue weighted by Crippen LogP contribution is 2.24. The van der Waals surface area contributed by atoms with E-state index in [0.717, 1.165) is 25.4 Å². The molecule has 0 atom stereocenters. The van der Waals surface area contributed by atoms with Crippen molar-refractivity contribution < 1.29 is 16.8 Å². The van der Waals surface area contributed by atoms with Crippen molar-refractivity contribution in [2.24, 2.45) is 0 Å². The minimum Gasteiger partial charge on any atom is -0.208 e. The van der Waals surface area contributed by atoms with E-state index in [-0.39, 0.29) is 4.21 Å². The summed E-state index contributed by atoms with van der Waals surface area (Å²) in [6, 6.07) is 3.03. The number of sulfonamides is 2. The second-order valence-corrected chi connectivity index (χ2v) is 9.60. The van der Waals surface area contributed by atoms with E-state index in [2.05, 4.69) is 0 Å². The Morgan fingerprint density at radius 3 is 2.05 bits per heavy atom. The van der Waals surface area contributed by atoms with E-state index in [1.165, 1.54) is 40.3 Å². The molecule has 0 fully saturated rings. The molecule has 0 bridgehead atoms. The van der Waals surface area contributed by atoms with Crippen molar-refractivity contribution in [3.8, 4) is 0 Å². The van der Waals surface area contributed by atoms with Gasteiger partial charge < -0.3 is 0 Å². The minimum absolute atomic E-state index is 0.180. The number of hydrogen-bond donors (Lipinski definition) is 0. The molecule has 0 aliphatic heterocycles. The van der Waals surface area contributed by atoms with Gasteiger partial charge in [0.05, 0.1) is 0 Å². The molecule has 9 heteroatoms. The molecule has 0 radical (unpaired) electrons. The Hall–Kier alpha value is -0.740. The van der Waals surface area contributed by atoms with Gasteiger partial charge in [0, 0.05) is 38.5 Å². The second kappa shape index (κ2) is 5.71. The van der Waals surface area contributed by atoms with Crippen LogP contribution in [-0.4, -0.2) is 53.6 Å². The summed E-state index contributed by atoms with van der Waals surface area (Å²) in [5.74, 6) is 0. The summed E-state index contributed by atoms with van der Waals surface area (Å²) in [6.45, 7) is 0. The lowest BCUT2D eigenvalue weighted by Crippen LogP contribution is -2.21. The zero-order chi connectivity index (χ0) is 14.8. The molecular weight excluding hydrogens is 308 g/mol. The molecule has 0 saturated carbocycles. The van der Waals surface area contributed by atoms with Crippen molar-refractivity contribution in [1.82, 2.24) is 8.61 Å². The Labute approximate surface area is 118 Å². The standard InChI is InChI=1S/C10H16N2O4S3/c1-11(2)18(13,14)8-7-9-5-6-10(17-9)19(15,16)12(3)4/h5-8H,1-4H3. The summed E-state index contributed by atoms with van der Waals surface area (Å²) < 4.78 is 49.1. The molecular formula is C10H16N2O4S3. The highest BCUT2D eigenvalue weighted by Gasteiger charge is 2.19. The fourth-order valence-electron chi connectivity index (χ4n) is 1.02. The first kappa shape index (κ1) is 16.3. The van der Waals surface area contributed by atoms with Gasteiger partial charge in [-0.25, -0.2) is 25.4 Å². The summed E-state index contributed by atoms with van der Waals surface area (Å²) in [7, 11) is -1.16. The molecule has 6 nitrogen and oxygen atoms in total. The quantitative estimate of drug-likeness (QED) is 0.805. The van der Waals surface area contributed by atoms with Crippen LogP contribution in [-0.2, 0) is 20.0 Å². The number of rotatable bonds is 5. The third-order valence-corrected chi connectivity index (χ3v) is 7.08. The smallest absolute Gasteiger partial charge is 0.208 e. The highest BCUT2D eigenvalue weighted by atomic mass is 32.2. The average Bonchev–Trinajstić information content (AvgIpc) is 2.75. The van der Waals surface area contributed by atoms with E-state index in [4.69, 9.17) is 0 Å². The van der Waals surface area contributed by atoms with Crippen LogP contribution in [0.4, 0.5) is 0 Å². The van der Waals surface area contributed by atoms with Crippen LogP contribution in [0.3, 0.4) is 0 Å². The Kier molecular flexibility index (Phi) is 4.91. The largest absolute Gasteiger partial charge is 0.252 e. The lowest BCUT2D eigenvalue weighted by atomic mass is 10.5. The van der Waals surface area contributed by atoms with E-state index < -0.39 is 20.0 Å². The van der Waals surface area contributed by atoms with Crippen molar-refractivity contribution >= 4 is 37.5 Å². The molecule has 1 aromatic rings. The Bertz CT molecular complexity index is 669. The van der Waals surface area contributed by atoms with Crippen LogP contribution in [0.5, 0.6) is 0 Å². The molecule has 0 amide bonds. The van der Waals surface area contributed by atoms with Gasteiger partial charge in [0.15, 0.2) is 0 Å². The van der Waals surface area contributed by atoms with Gasteiger partial charge in [0.2, 0.25) is 10.0 Å². The fourth-order valence-corrected chi connectivity index (χ4v) is 4.06. The summed E-state index contributed by atoms with van der Waals surface area (Å²) in [5, 5.41) is 1.05. The molecule has 0 N–H and O–H groups in total. The van der Waals surface area contributed by atoms with Gasteiger partial charge in [-0.1, -0.05) is 0 Å². The zero-order valence-electron chi connectivity index (χ0n) is 11.1. The van der Waals surface area contributed by atoms with Gasteiger partial charge in [-0.15, -0.1) is 11.3 Å². The minimum atomic E-state index is -3.47. The van der Waals surface area contributed by atoms with Gasteiger partial charge >= 0.3 is 0 Å². The molecule has 0 spiro atoms. The predicted octanol–water partition coefficient (Wildman–Crippen LogP) is 0.861. The SMILES string of the molecule is CN(C)S(=O)(=O)C=Cc1ccc(S(=O)(=O)N(C)C)s1. The fraction of sp³-hybridized carbons (Fsp3) is 0.400. The number of thiophene rings is 1. The van der Waals surface area contributed by atoms with Gasteiger partial charge in [0.25, 0.3) is 10.0 Å². The van der Waals surface area contributed by atoms with Crippen molar-refractivity contribution in [1.29, 1.82) is 0 Å². The molecule has 1 aromatic heterocycles. The maximum atomic E-state index is 11.8. The third kappa shape index (κ3) is 3.86. The van der Waals surface area contributed by atoms with Crippen LogP contribution < -0.4 is 0 Å². The monoisotopic (exact) mass is 324 g/mol. The molecule has 0 saturated heterocycles. The first-order valence-electron chi connectivity index (χ1n) is 5.20. The molecule has 0 aromatic carbocycles. The number of hydrogen-bond acceptors (Lipinski definition) is 5. The van der Waals surface area contributed by atoms with Crippen molar-refractivity contribution in [3.05, 3.63) is 22.4 Å². The maximum absolute atomic E-state index is 11.8. The number of nitrogens with zero attached hydrogens (tertiary/aromatic N) is 2. The third-order valence-electron chi connectivity index (χ3n) is 2.25.